The minimum absolute atomic E-state index is 0.119. The number of benzene rings is 4. The minimum Gasteiger partial charge on any atom is -0.483 e. The van der Waals surface area contributed by atoms with Gasteiger partial charge in [0.2, 0.25) is 0 Å². The van der Waals surface area contributed by atoms with Gasteiger partial charge < -0.3 is 14.6 Å². The van der Waals surface area contributed by atoms with Crippen LogP contribution in [0.1, 0.15) is 34.5 Å². The van der Waals surface area contributed by atoms with Gasteiger partial charge in [-0.25, -0.2) is 0 Å². The number of hydrogen-bond donors (Lipinski definition) is 1. The first-order valence-electron chi connectivity index (χ1n) is 11.3. The summed E-state index contributed by atoms with van der Waals surface area (Å²) in [6.07, 6.45) is 3.76. The van der Waals surface area contributed by atoms with Crippen LogP contribution in [0.2, 0.25) is 0 Å². The highest BCUT2D eigenvalue weighted by atomic mass is 16.5. The van der Waals surface area contributed by atoms with E-state index >= 15 is 0 Å². The van der Waals surface area contributed by atoms with Gasteiger partial charge in [0, 0.05) is 12.0 Å². The lowest BCUT2D eigenvalue weighted by Gasteiger charge is -2.31. The number of hydrogen-bond acceptors (Lipinski definition) is 3. The average Bonchev–Trinajstić information content (AvgIpc) is 2.88. The van der Waals surface area contributed by atoms with Gasteiger partial charge in [0.15, 0.2) is 0 Å². The van der Waals surface area contributed by atoms with E-state index in [2.05, 4.69) is 60.7 Å². The van der Waals surface area contributed by atoms with Crippen LogP contribution in [0.15, 0.2) is 103 Å². The Balaban J connectivity index is 1.29. The molecule has 0 radical (unpaired) electrons. The summed E-state index contributed by atoms with van der Waals surface area (Å²) in [6, 6.07) is 32.7. The van der Waals surface area contributed by atoms with Gasteiger partial charge in [0.05, 0.1) is 6.10 Å². The van der Waals surface area contributed by atoms with Crippen LogP contribution in [0.3, 0.4) is 0 Å². The Kier molecular flexibility index (Phi) is 4.97. The maximum atomic E-state index is 10.7. The molecule has 0 saturated carbocycles. The molecule has 2 aliphatic heterocycles. The summed E-state index contributed by atoms with van der Waals surface area (Å²) in [4.78, 5) is 0. The van der Waals surface area contributed by atoms with E-state index in [1.54, 1.807) is 0 Å². The maximum Gasteiger partial charge on any atom is 0.150 e. The molecular weight excluding hydrogens is 408 g/mol. The third-order valence-electron chi connectivity index (χ3n) is 6.40. The third-order valence-corrected chi connectivity index (χ3v) is 6.40. The molecule has 0 amide bonds. The lowest BCUT2D eigenvalue weighted by atomic mass is 9.92. The Labute approximate surface area is 193 Å². The van der Waals surface area contributed by atoms with Crippen LogP contribution in [0.5, 0.6) is 11.5 Å². The van der Waals surface area contributed by atoms with E-state index in [9.17, 15) is 5.11 Å². The summed E-state index contributed by atoms with van der Waals surface area (Å²) in [6.45, 7) is 0. The molecule has 6 rings (SSSR count). The first-order valence-corrected chi connectivity index (χ1v) is 11.3. The van der Waals surface area contributed by atoms with Crippen LogP contribution in [-0.2, 0) is 6.42 Å². The molecule has 0 fully saturated rings. The van der Waals surface area contributed by atoms with E-state index in [1.807, 2.05) is 48.5 Å². The predicted molar refractivity (Wildman–Crippen MR) is 130 cm³/mol. The Morgan fingerprint density at radius 1 is 0.667 bits per heavy atom. The molecular formula is C30H24O3. The second kappa shape index (κ2) is 8.27. The van der Waals surface area contributed by atoms with Crippen LogP contribution in [-0.4, -0.2) is 11.2 Å². The van der Waals surface area contributed by atoms with E-state index in [-0.39, 0.29) is 12.2 Å². The highest BCUT2D eigenvalue weighted by Gasteiger charge is 2.30. The van der Waals surface area contributed by atoms with Crippen LogP contribution in [0.4, 0.5) is 0 Å². The summed E-state index contributed by atoms with van der Waals surface area (Å²) in [5.41, 5.74) is 6.42. The van der Waals surface area contributed by atoms with Gasteiger partial charge in [-0.15, -0.1) is 0 Å². The zero-order valence-corrected chi connectivity index (χ0v) is 18.1. The Morgan fingerprint density at radius 2 is 1.45 bits per heavy atom. The molecule has 3 atom stereocenters. The molecule has 162 valence electrons. The average molecular weight is 433 g/mol. The van der Waals surface area contributed by atoms with Crippen LogP contribution >= 0.6 is 0 Å². The molecule has 0 spiro atoms. The van der Waals surface area contributed by atoms with Crippen molar-refractivity contribution >= 4 is 6.08 Å². The predicted octanol–water partition coefficient (Wildman–Crippen LogP) is 6.54. The Bertz CT molecular complexity index is 1330. The summed E-state index contributed by atoms with van der Waals surface area (Å²) < 4.78 is 12.5. The van der Waals surface area contributed by atoms with Crippen LogP contribution < -0.4 is 9.47 Å². The van der Waals surface area contributed by atoms with Crippen molar-refractivity contribution in [1.82, 2.24) is 0 Å². The summed E-state index contributed by atoms with van der Waals surface area (Å²) in [7, 11) is 0. The fraction of sp³-hybridized carbons (Fsp3) is 0.133. The lowest BCUT2D eigenvalue weighted by molar-refractivity contribution is 0.0209. The van der Waals surface area contributed by atoms with Gasteiger partial charge in [-0.05, 0) is 52.1 Å². The number of ether oxygens (including phenoxy) is 2. The molecule has 2 heterocycles. The monoisotopic (exact) mass is 432 g/mol. The quantitative estimate of drug-likeness (QED) is 0.400. The van der Waals surface area contributed by atoms with Gasteiger partial charge >= 0.3 is 0 Å². The second-order valence-corrected chi connectivity index (χ2v) is 8.60. The van der Waals surface area contributed by atoms with Gasteiger partial charge in [-0.2, -0.15) is 0 Å². The molecule has 0 saturated heterocycles. The molecule has 0 aromatic heterocycles. The number of para-hydroxylation sites is 1. The largest absolute Gasteiger partial charge is 0.483 e. The molecule has 2 aliphatic rings. The Morgan fingerprint density at radius 3 is 2.36 bits per heavy atom. The normalized spacial score (nSPS) is 20.8. The second-order valence-electron chi connectivity index (χ2n) is 8.60. The number of aliphatic hydroxyl groups excluding tert-OH is 1. The summed E-state index contributed by atoms with van der Waals surface area (Å²) in [5.74, 6) is 1.74. The van der Waals surface area contributed by atoms with Crippen molar-refractivity contribution < 1.29 is 14.6 Å². The van der Waals surface area contributed by atoms with Gasteiger partial charge in [0.25, 0.3) is 0 Å². The van der Waals surface area contributed by atoms with Crippen molar-refractivity contribution in [3.05, 3.63) is 125 Å². The van der Waals surface area contributed by atoms with Crippen molar-refractivity contribution in [3.63, 3.8) is 0 Å². The van der Waals surface area contributed by atoms with E-state index in [0.717, 1.165) is 44.9 Å². The molecule has 3 heteroatoms. The minimum atomic E-state index is -0.563. The van der Waals surface area contributed by atoms with Crippen molar-refractivity contribution in [2.45, 2.75) is 24.7 Å². The van der Waals surface area contributed by atoms with Crippen molar-refractivity contribution in [2.75, 3.05) is 0 Å². The highest BCUT2D eigenvalue weighted by Crippen LogP contribution is 2.39. The van der Waals surface area contributed by atoms with Crippen LogP contribution in [0, 0.1) is 0 Å². The zero-order valence-electron chi connectivity index (χ0n) is 18.1. The molecule has 3 unspecified atom stereocenters. The maximum absolute atomic E-state index is 10.7. The van der Waals surface area contributed by atoms with Crippen molar-refractivity contribution in [3.8, 4) is 22.6 Å². The number of fused-ring (bicyclic) bond motifs is 2. The fourth-order valence-electron chi connectivity index (χ4n) is 4.66. The van der Waals surface area contributed by atoms with Gasteiger partial charge in [-0.1, -0.05) is 84.9 Å². The van der Waals surface area contributed by atoms with Crippen molar-refractivity contribution in [1.29, 1.82) is 0 Å². The van der Waals surface area contributed by atoms with E-state index in [4.69, 9.17) is 9.47 Å². The highest BCUT2D eigenvalue weighted by molar-refractivity contribution is 5.68. The third kappa shape index (κ3) is 3.81. The molecule has 3 nitrogen and oxygen atoms in total. The van der Waals surface area contributed by atoms with Gasteiger partial charge in [-0.3, -0.25) is 0 Å². The first-order chi connectivity index (χ1) is 16.2. The SMILES string of the molecule is OC1Cc2ccc(-c3cccc(C4C=Cc5ccccc5O4)c3)cc2OC1c1ccccc1. The first kappa shape index (κ1) is 19.8. The summed E-state index contributed by atoms with van der Waals surface area (Å²) >= 11 is 0. The summed E-state index contributed by atoms with van der Waals surface area (Å²) in [5, 5.41) is 10.7. The number of aliphatic hydroxyl groups is 1. The fourth-order valence-corrected chi connectivity index (χ4v) is 4.66. The molecule has 4 aromatic rings. The molecule has 0 aliphatic carbocycles. The smallest absolute Gasteiger partial charge is 0.150 e. The van der Waals surface area contributed by atoms with Crippen molar-refractivity contribution in [2.24, 2.45) is 0 Å². The molecule has 0 bridgehead atoms. The molecule has 1 N–H and O–H groups in total. The van der Waals surface area contributed by atoms with E-state index < -0.39 is 6.10 Å². The molecule has 33 heavy (non-hydrogen) atoms. The van der Waals surface area contributed by atoms with Crippen LogP contribution in [0.25, 0.3) is 17.2 Å². The molecule has 4 aromatic carbocycles. The van der Waals surface area contributed by atoms with E-state index in [1.165, 1.54) is 0 Å². The van der Waals surface area contributed by atoms with Gasteiger partial charge in [0.1, 0.15) is 23.7 Å². The standard InChI is InChI=1S/C30H24O3/c31-26-18-25-14-13-23(19-29(25)33-30(26)21-8-2-1-3-9-21)22-10-6-11-24(17-22)28-16-15-20-7-4-5-12-27(20)32-28/h1-17,19,26,28,30-31H,18H2. The number of rotatable bonds is 3. The Hall–Kier alpha value is -3.82. The van der Waals surface area contributed by atoms with E-state index in [0.29, 0.717) is 6.42 Å². The zero-order chi connectivity index (χ0) is 22.2. The lowest BCUT2D eigenvalue weighted by Crippen LogP contribution is -2.30. The topological polar surface area (TPSA) is 38.7 Å².